The number of carbonyl (C=O) groups is 1. The number of hydrogen-bond donors (Lipinski definition) is 1. The van der Waals surface area contributed by atoms with Gasteiger partial charge in [0.2, 0.25) is 15.9 Å². The highest BCUT2D eigenvalue weighted by molar-refractivity contribution is 7.89. The number of anilines is 1. The van der Waals surface area contributed by atoms with Gasteiger partial charge < -0.3 is 10.1 Å². The van der Waals surface area contributed by atoms with Crippen molar-refractivity contribution in [2.45, 2.75) is 24.7 Å². The van der Waals surface area contributed by atoms with Crippen LogP contribution in [0, 0.1) is 12.8 Å². The van der Waals surface area contributed by atoms with E-state index in [1.165, 1.54) is 11.4 Å². The molecule has 0 aliphatic carbocycles. The summed E-state index contributed by atoms with van der Waals surface area (Å²) >= 11 is 6.10. The zero-order valence-corrected chi connectivity index (χ0v) is 17.4. The summed E-state index contributed by atoms with van der Waals surface area (Å²) in [4.78, 5) is 12.9. The first-order valence-electron chi connectivity index (χ1n) is 9.02. The standard InChI is InChI=1S/C20H23ClN2O4S/c1-14-5-8-17(9-6-14)28(25,26)23-11-3-4-15(13-23)20(24)22-16-7-10-19(27-2)18(21)12-16/h5-10,12,15H,3-4,11,13H2,1-2H3,(H,22,24)/t15-/m1/s1. The van der Waals surface area contributed by atoms with Crippen molar-refractivity contribution < 1.29 is 17.9 Å². The largest absolute Gasteiger partial charge is 0.495 e. The first-order chi connectivity index (χ1) is 13.3. The summed E-state index contributed by atoms with van der Waals surface area (Å²) in [7, 11) is -2.10. The van der Waals surface area contributed by atoms with Crippen molar-refractivity contribution in [2.75, 3.05) is 25.5 Å². The lowest BCUT2D eigenvalue weighted by atomic mass is 9.98. The summed E-state index contributed by atoms with van der Waals surface area (Å²) in [5, 5.41) is 3.22. The van der Waals surface area contributed by atoms with E-state index < -0.39 is 15.9 Å². The zero-order chi connectivity index (χ0) is 20.3. The van der Waals surface area contributed by atoms with Crippen LogP contribution >= 0.6 is 11.6 Å². The van der Waals surface area contributed by atoms with Gasteiger partial charge in [-0.05, 0) is 50.1 Å². The number of ether oxygens (including phenoxy) is 1. The van der Waals surface area contributed by atoms with E-state index in [1.54, 1.807) is 42.5 Å². The highest BCUT2D eigenvalue weighted by atomic mass is 35.5. The van der Waals surface area contributed by atoms with Crippen molar-refractivity contribution in [3.8, 4) is 5.75 Å². The molecule has 0 unspecified atom stereocenters. The summed E-state index contributed by atoms with van der Waals surface area (Å²) in [6, 6.07) is 11.7. The molecule has 1 aliphatic heterocycles. The third-order valence-electron chi connectivity index (χ3n) is 4.83. The molecule has 1 heterocycles. The molecule has 1 N–H and O–H groups in total. The summed E-state index contributed by atoms with van der Waals surface area (Å²) in [6.45, 7) is 2.48. The van der Waals surface area contributed by atoms with Crippen molar-refractivity contribution >= 4 is 33.2 Å². The molecule has 2 aromatic carbocycles. The van der Waals surface area contributed by atoms with Crippen LogP contribution in [-0.2, 0) is 14.8 Å². The number of rotatable bonds is 5. The lowest BCUT2D eigenvalue weighted by Crippen LogP contribution is -2.43. The van der Waals surface area contributed by atoms with Crippen LogP contribution in [-0.4, -0.2) is 38.8 Å². The number of carbonyl (C=O) groups excluding carboxylic acids is 1. The van der Waals surface area contributed by atoms with E-state index in [0.29, 0.717) is 35.8 Å². The Kier molecular flexibility index (Phi) is 6.27. The van der Waals surface area contributed by atoms with Crippen molar-refractivity contribution in [3.05, 3.63) is 53.1 Å². The number of amides is 1. The predicted octanol–water partition coefficient (Wildman–Crippen LogP) is 3.70. The van der Waals surface area contributed by atoms with Gasteiger partial charge >= 0.3 is 0 Å². The van der Waals surface area contributed by atoms with Gasteiger partial charge in [-0.25, -0.2) is 8.42 Å². The van der Waals surface area contributed by atoms with Crippen molar-refractivity contribution in [1.29, 1.82) is 0 Å². The molecule has 1 fully saturated rings. The highest BCUT2D eigenvalue weighted by Gasteiger charge is 2.33. The third-order valence-corrected chi connectivity index (χ3v) is 7.01. The topological polar surface area (TPSA) is 75.7 Å². The molecule has 1 aliphatic rings. The number of hydrogen-bond acceptors (Lipinski definition) is 4. The SMILES string of the molecule is COc1ccc(NC(=O)[C@@H]2CCCN(S(=O)(=O)c3ccc(C)cc3)C2)cc1Cl. The van der Waals surface area contributed by atoms with Gasteiger partial charge in [-0.15, -0.1) is 0 Å². The van der Waals surface area contributed by atoms with Gasteiger partial charge in [0.05, 0.1) is 22.9 Å². The molecule has 8 heteroatoms. The Hall–Kier alpha value is -2.09. The summed E-state index contributed by atoms with van der Waals surface area (Å²) in [5.74, 6) is -0.118. The Morgan fingerprint density at radius 3 is 2.57 bits per heavy atom. The molecule has 3 rings (SSSR count). The van der Waals surface area contributed by atoms with Crippen LogP contribution in [0.15, 0.2) is 47.4 Å². The fourth-order valence-corrected chi connectivity index (χ4v) is 5.00. The maximum atomic E-state index is 12.9. The monoisotopic (exact) mass is 422 g/mol. The van der Waals surface area contributed by atoms with Crippen LogP contribution in [0.4, 0.5) is 5.69 Å². The zero-order valence-electron chi connectivity index (χ0n) is 15.8. The molecule has 0 spiro atoms. The van der Waals surface area contributed by atoms with Crippen molar-refractivity contribution in [2.24, 2.45) is 5.92 Å². The van der Waals surface area contributed by atoms with Gasteiger partial charge in [-0.3, -0.25) is 4.79 Å². The van der Waals surface area contributed by atoms with E-state index in [0.717, 1.165) is 5.56 Å². The van der Waals surface area contributed by atoms with Gasteiger partial charge in [0, 0.05) is 18.8 Å². The van der Waals surface area contributed by atoms with Crippen LogP contribution in [0.5, 0.6) is 5.75 Å². The maximum absolute atomic E-state index is 12.9. The maximum Gasteiger partial charge on any atom is 0.243 e. The van der Waals surface area contributed by atoms with Crippen LogP contribution in [0.25, 0.3) is 0 Å². The molecular formula is C20H23ClN2O4S. The second-order valence-corrected chi connectivity index (χ2v) is 9.20. The minimum Gasteiger partial charge on any atom is -0.495 e. The molecule has 1 amide bonds. The first-order valence-corrected chi connectivity index (χ1v) is 10.8. The molecule has 2 aromatic rings. The number of nitrogens with zero attached hydrogens (tertiary/aromatic N) is 1. The van der Waals surface area contributed by atoms with Crippen molar-refractivity contribution in [3.63, 3.8) is 0 Å². The Morgan fingerprint density at radius 1 is 1.21 bits per heavy atom. The van der Waals surface area contributed by atoms with Gasteiger partial charge in [0.1, 0.15) is 5.75 Å². The number of sulfonamides is 1. The van der Waals surface area contributed by atoms with Crippen LogP contribution in [0.2, 0.25) is 5.02 Å². The van der Waals surface area contributed by atoms with Crippen LogP contribution in [0.3, 0.4) is 0 Å². The number of halogens is 1. The van der Waals surface area contributed by atoms with Crippen molar-refractivity contribution in [1.82, 2.24) is 4.31 Å². The van der Waals surface area contributed by atoms with E-state index in [4.69, 9.17) is 16.3 Å². The summed E-state index contributed by atoms with van der Waals surface area (Å²) in [5.41, 5.74) is 1.54. The Bertz CT molecular complexity index is 961. The first kappa shape index (κ1) is 20.6. The Balaban J connectivity index is 1.71. The number of methoxy groups -OCH3 is 1. The van der Waals surface area contributed by atoms with E-state index in [9.17, 15) is 13.2 Å². The van der Waals surface area contributed by atoms with E-state index >= 15 is 0 Å². The molecule has 0 bridgehead atoms. The number of benzene rings is 2. The van der Waals surface area contributed by atoms with Gasteiger partial charge in [0.15, 0.2) is 0 Å². The van der Waals surface area contributed by atoms with E-state index in [2.05, 4.69) is 5.32 Å². The lowest BCUT2D eigenvalue weighted by molar-refractivity contribution is -0.120. The van der Waals surface area contributed by atoms with Gasteiger partial charge in [-0.1, -0.05) is 29.3 Å². The minimum absolute atomic E-state index is 0.159. The Labute approximate surface area is 170 Å². The fraction of sp³-hybridized carbons (Fsp3) is 0.350. The number of aryl methyl sites for hydroxylation is 1. The third kappa shape index (κ3) is 4.48. The predicted molar refractivity (Wildman–Crippen MR) is 109 cm³/mol. The number of piperidine rings is 1. The normalized spacial score (nSPS) is 17.9. The molecular weight excluding hydrogens is 400 g/mol. The molecule has 0 radical (unpaired) electrons. The fourth-order valence-electron chi connectivity index (χ4n) is 3.22. The molecule has 1 atom stereocenters. The second-order valence-electron chi connectivity index (χ2n) is 6.85. The molecule has 6 nitrogen and oxygen atoms in total. The van der Waals surface area contributed by atoms with Gasteiger partial charge in [0.25, 0.3) is 0 Å². The minimum atomic E-state index is -3.62. The molecule has 1 saturated heterocycles. The average molecular weight is 423 g/mol. The smallest absolute Gasteiger partial charge is 0.243 e. The molecule has 150 valence electrons. The highest BCUT2D eigenvalue weighted by Crippen LogP contribution is 2.29. The van der Waals surface area contributed by atoms with Crippen LogP contribution < -0.4 is 10.1 Å². The molecule has 0 saturated carbocycles. The van der Waals surface area contributed by atoms with Crippen LogP contribution in [0.1, 0.15) is 18.4 Å². The summed E-state index contributed by atoms with van der Waals surface area (Å²) < 4.78 is 32.3. The number of nitrogens with one attached hydrogen (secondary N) is 1. The van der Waals surface area contributed by atoms with E-state index in [1.807, 2.05) is 6.92 Å². The Morgan fingerprint density at radius 2 is 1.93 bits per heavy atom. The summed E-state index contributed by atoms with van der Waals surface area (Å²) in [6.07, 6.45) is 1.27. The van der Waals surface area contributed by atoms with Gasteiger partial charge in [-0.2, -0.15) is 4.31 Å². The molecule has 0 aromatic heterocycles. The lowest BCUT2D eigenvalue weighted by Gasteiger charge is -2.31. The van der Waals surface area contributed by atoms with E-state index in [-0.39, 0.29) is 17.3 Å². The quantitative estimate of drug-likeness (QED) is 0.797. The second kappa shape index (κ2) is 8.51. The molecule has 28 heavy (non-hydrogen) atoms. The average Bonchev–Trinajstić information content (AvgIpc) is 2.68.